The Morgan fingerprint density at radius 1 is 1.00 bits per heavy atom. The minimum Gasteiger partial charge on any atom is -0.375 e. The first-order valence-electron chi connectivity index (χ1n) is 18.4. The molecule has 0 bridgehead atoms. The van der Waals surface area contributed by atoms with Gasteiger partial charge in [-0.05, 0) is 80.3 Å². The number of pyridine rings is 1. The fraction of sp³-hybridized carbons (Fsp3) is 0.350. The molecule has 16 heteroatoms. The van der Waals surface area contributed by atoms with Crippen molar-refractivity contribution in [2.24, 2.45) is 5.92 Å². The summed E-state index contributed by atoms with van der Waals surface area (Å²) >= 11 is 2.32. The van der Waals surface area contributed by atoms with E-state index < -0.39 is 40.7 Å². The number of nitrogens with one attached hydrogen (secondary N) is 4. The number of aromatic nitrogens is 2. The molecule has 0 radical (unpaired) electrons. The maximum Gasteiger partial charge on any atom is 0.417 e. The van der Waals surface area contributed by atoms with Gasteiger partial charge in [-0.3, -0.25) is 14.5 Å². The number of nitrogens with zero attached hydrogens (tertiary/aromatic N) is 3. The number of thiazole rings is 1. The summed E-state index contributed by atoms with van der Waals surface area (Å²) in [6, 6.07) is 15.8. The summed E-state index contributed by atoms with van der Waals surface area (Å²) < 4.78 is 60.2. The molecule has 2 amide bonds. The van der Waals surface area contributed by atoms with Crippen molar-refractivity contribution in [1.82, 2.24) is 25.5 Å². The van der Waals surface area contributed by atoms with Crippen LogP contribution >= 0.6 is 23.1 Å². The predicted octanol–water partition coefficient (Wildman–Crippen LogP) is 8.83. The van der Waals surface area contributed by atoms with Crippen LogP contribution in [0.5, 0.6) is 0 Å². The number of halogens is 4. The highest BCUT2D eigenvalue weighted by molar-refractivity contribution is 8.01. The Kier molecular flexibility index (Phi) is 10.9. The number of thioether (sulfide) groups is 1. The first-order valence-corrected chi connectivity index (χ1v) is 20.0. The van der Waals surface area contributed by atoms with E-state index in [9.17, 15) is 14.0 Å². The molecule has 2 aliphatic heterocycles. The van der Waals surface area contributed by atoms with Gasteiger partial charge in [-0.2, -0.15) is 13.2 Å². The Bertz CT molecular complexity index is 2280. The number of rotatable bonds is 10. The Labute approximate surface area is 330 Å². The molecule has 3 atom stereocenters. The van der Waals surface area contributed by atoms with Gasteiger partial charge >= 0.3 is 6.18 Å². The maximum absolute atomic E-state index is 15.1. The van der Waals surface area contributed by atoms with E-state index in [1.165, 1.54) is 36.5 Å². The molecular formula is C40H42F4N8O2S2. The van der Waals surface area contributed by atoms with E-state index in [1.54, 1.807) is 31.2 Å². The summed E-state index contributed by atoms with van der Waals surface area (Å²) in [5, 5.41) is 10.9. The standard InChI is InChI=1S/C40H42F4N8O2S2/c1-21(2)20-52-19-6-5-9-30(52)37(54)51-40(49-23(4)53)50-35-32(56-40)18-16-28(39(42,43)44)33(35)27-15-17-29(26-8-7-10-31-34(26)48-38(45)55-31)47-36(27)46-22(3)24-11-13-25(41)14-12-24/h7-8,10-18,21-22,30,50H,5-6,9,19-20H2,1-4H3,(H2,45,48)(H,46,47)(H,49,53)(H,51,54). The van der Waals surface area contributed by atoms with Crippen LogP contribution in [0, 0.1) is 11.7 Å². The Morgan fingerprint density at radius 2 is 1.77 bits per heavy atom. The summed E-state index contributed by atoms with van der Waals surface area (Å²) in [4.78, 5) is 38.7. The van der Waals surface area contributed by atoms with E-state index >= 15 is 13.2 Å². The van der Waals surface area contributed by atoms with Crippen molar-refractivity contribution in [3.05, 3.63) is 83.7 Å². The zero-order chi connectivity index (χ0) is 39.9. The monoisotopic (exact) mass is 806 g/mol. The van der Waals surface area contributed by atoms with Gasteiger partial charge in [-0.1, -0.05) is 67.6 Å². The van der Waals surface area contributed by atoms with Gasteiger partial charge in [-0.15, -0.1) is 0 Å². The number of hydrogen-bond acceptors (Lipinski definition) is 10. The smallest absolute Gasteiger partial charge is 0.375 e. The Hall–Kier alpha value is -4.93. The third-order valence-electron chi connectivity index (χ3n) is 9.80. The van der Waals surface area contributed by atoms with Gasteiger partial charge in [-0.25, -0.2) is 14.4 Å². The molecule has 56 heavy (non-hydrogen) atoms. The van der Waals surface area contributed by atoms with Crippen LogP contribution in [-0.2, 0) is 15.8 Å². The molecule has 10 nitrogen and oxygen atoms in total. The number of nitrogen functional groups attached to an aromatic ring is 1. The largest absolute Gasteiger partial charge is 0.417 e. The topological polar surface area (TPSA) is 137 Å². The van der Waals surface area contributed by atoms with Gasteiger partial charge in [0.15, 0.2) is 5.13 Å². The lowest BCUT2D eigenvalue weighted by atomic mass is 9.95. The van der Waals surface area contributed by atoms with Crippen LogP contribution in [0.15, 0.2) is 71.6 Å². The van der Waals surface area contributed by atoms with Crippen LogP contribution < -0.4 is 27.0 Å². The van der Waals surface area contributed by atoms with Crippen LogP contribution in [0.4, 0.5) is 34.2 Å². The minimum atomic E-state index is -4.82. The van der Waals surface area contributed by atoms with Gasteiger partial charge in [0.05, 0.1) is 33.2 Å². The van der Waals surface area contributed by atoms with Gasteiger partial charge in [0.2, 0.25) is 16.9 Å². The number of para-hydroxylation sites is 1. The highest BCUT2D eigenvalue weighted by atomic mass is 32.2. The number of carbonyl (C=O) groups is 2. The average molecular weight is 807 g/mol. The summed E-state index contributed by atoms with van der Waals surface area (Å²) in [7, 11) is 0. The molecule has 294 valence electrons. The van der Waals surface area contributed by atoms with E-state index in [0.29, 0.717) is 51.2 Å². The molecule has 2 aromatic heterocycles. The van der Waals surface area contributed by atoms with Gasteiger partial charge in [0.1, 0.15) is 11.6 Å². The quantitative estimate of drug-likeness (QED) is 0.0693. The number of anilines is 3. The number of carbonyl (C=O) groups excluding carboxylic acids is 2. The molecule has 0 spiro atoms. The Balaban J connectivity index is 1.36. The first-order chi connectivity index (χ1) is 26.6. The number of hydrogen-bond donors (Lipinski definition) is 5. The zero-order valence-corrected chi connectivity index (χ0v) is 32.8. The average Bonchev–Trinajstić information content (AvgIpc) is 3.69. The number of amides is 2. The second kappa shape index (κ2) is 15.5. The Morgan fingerprint density at radius 3 is 2.48 bits per heavy atom. The number of piperidine rings is 1. The third-order valence-corrected chi connectivity index (χ3v) is 11.8. The van der Waals surface area contributed by atoms with Gasteiger partial charge in [0.25, 0.3) is 0 Å². The zero-order valence-electron chi connectivity index (χ0n) is 31.2. The van der Waals surface area contributed by atoms with Crippen molar-refractivity contribution in [2.75, 3.05) is 29.5 Å². The van der Waals surface area contributed by atoms with Gasteiger partial charge in [0, 0.05) is 41.1 Å². The fourth-order valence-corrected chi connectivity index (χ4v) is 9.41. The molecule has 4 heterocycles. The molecule has 5 aromatic rings. The van der Waals surface area contributed by atoms with Crippen molar-refractivity contribution < 1.29 is 27.2 Å². The number of nitrogens with two attached hydrogens (primary N) is 1. The van der Waals surface area contributed by atoms with E-state index in [2.05, 4.69) is 45.0 Å². The molecule has 3 unspecified atom stereocenters. The molecule has 7 rings (SSSR count). The van der Waals surface area contributed by atoms with E-state index in [4.69, 9.17) is 10.7 Å². The molecule has 0 aliphatic carbocycles. The van der Waals surface area contributed by atoms with Crippen molar-refractivity contribution >= 4 is 61.8 Å². The van der Waals surface area contributed by atoms with Crippen molar-refractivity contribution in [3.8, 4) is 22.4 Å². The van der Waals surface area contributed by atoms with E-state index in [1.807, 2.05) is 18.2 Å². The summed E-state index contributed by atoms with van der Waals surface area (Å²) in [5.74, 6) is -0.862. The van der Waals surface area contributed by atoms with Crippen molar-refractivity contribution in [3.63, 3.8) is 0 Å². The van der Waals surface area contributed by atoms with Crippen LogP contribution in [0.1, 0.15) is 64.1 Å². The highest BCUT2D eigenvalue weighted by Crippen LogP contribution is 2.53. The second-order valence-electron chi connectivity index (χ2n) is 14.6. The van der Waals surface area contributed by atoms with E-state index in [-0.39, 0.29) is 28.5 Å². The van der Waals surface area contributed by atoms with Crippen LogP contribution in [0.2, 0.25) is 0 Å². The van der Waals surface area contributed by atoms with Crippen molar-refractivity contribution in [1.29, 1.82) is 0 Å². The predicted molar refractivity (Wildman–Crippen MR) is 214 cm³/mol. The molecule has 1 fully saturated rings. The highest BCUT2D eigenvalue weighted by Gasteiger charge is 2.46. The number of alkyl halides is 3. The summed E-state index contributed by atoms with van der Waals surface area (Å²) in [5.41, 5.74) is 7.35. The van der Waals surface area contributed by atoms with Crippen molar-refractivity contribution in [2.45, 2.75) is 75.2 Å². The first kappa shape index (κ1) is 39.3. The molecule has 1 saturated heterocycles. The molecule has 6 N–H and O–H groups in total. The summed E-state index contributed by atoms with van der Waals surface area (Å²) in [6.07, 6.45) is -2.42. The third kappa shape index (κ3) is 8.13. The van der Waals surface area contributed by atoms with Crippen LogP contribution in [-0.4, -0.2) is 50.9 Å². The maximum atomic E-state index is 15.1. The summed E-state index contributed by atoms with van der Waals surface area (Å²) in [6.45, 7) is 8.67. The SMILES string of the molecule is CC(=O)NC1(NC(=O)C2CCCCN2CC(C)C)Nc2c(ccc(C(F)(F)F)c2-c2ccc(-c3cccc4sc(N)nc34)nc2NC(C)c2ccc(F)cc2)S1. The molecule has 2 aliphatic rings. The lowest BCUT2D eigenvalue weighted by Crippen LogP contribution is -2.64. The normalized spacial score (nSPS) is 19.1. The number of fused-ring (bicyclic) bond motifs is 2. The molecule has 3 aromatic carbocycles. The second-order valence-corrected chi connectivity index (χ2v) is 16.9. The fourth-order valence-electron chi connectivity index (χ4n) is 7.43. The number of likely N-dealkylation sites (tertiary alicyclic amines) is 1. The van der Waals surface area contributed by atoms with Crippen LogP contribution in [0.3, 0.4) is 0 Å². The van der Waals surface area contributed by atoms with E-state index in [0.717, 1.165) is 41.9 Å². The number of benzene rings is 3. The lowest BCUT2D eigenvalue weighted by Gasteiger charge is -2.38. The molecule has 0 saturated carbocycles. The lowest BCUT2D eigenvalue weighted by molar-refractivity contribution is -0.137. The van der Waals surface area contributed by atoms with Crippen LogP contribution in [0.25, 0.3) is 32.6 Å². The minimum absolute atomic E-state index is 0.0583. The molecular weight excluding hydrogens is 765 g/mol. The van der Waals surface area contributed by atoms with Gasteiger partial charge < -0.3 is 27.0 Å².